The number of urea groups is 1. The van der Waals surface area contributed by atoms with Crippen molar-refractivity contribution in [3.8, 4) is 5.75 Å². The molecule has 0 aliphatic rings. The first-order chi connectivity index (χ1) is 13.1. The summed E-state index contributed by atoms with van der Waals surface area (Å²) in [5.74, 6) is 0.726. The third-order valence-electron chi connectivity index (χ3n) is 4.08. The van der Waals surface area contributed by atoms with E-state index in [9.17, 15) is 13.2 Å². The molecule has 6 nitrogen and oxygen atoms in total. The number of hydrogen-bond acceptors (Lipinski definition) is 4. The third-order valence-corrected chi connectivity index (χ3v) is 4.57. The number of nitrogens with zero attached hydrogens (tertiary/aromatic N) is 1. The van der Waals surface area contributed by atoms with Crippen LogP contribution in [0, 0.1) is 12.8 Å². The molecule has 0 heterocycles. The van der Waals surface area contributed by atoms with Crippen molar-refractivity contribution in [2.24, 2.45) is 5.92 Å². The van der Waals surface area contributed by atoms with Gasteiger partial charge in [-0.1, -0.05) is 38.1 Å². The molecule has 0 aromatic heterocycles. The highest BCUT2D eigenvalue weighted by molar-refractivity contribution is 7.86. The fourth-order valence-corrected chi connectivity index (χ4v) is 3.10. The largest absolute Gasteiger partial charge is 0.383 e. The van der Waals surface area contributed by atoms with Gasteiger partial charge in [0.05, 0.1) is 6.26 Å². The van der Waals surface area contributed by atoms with E-state index in [1.165, 1.54) is 0 Å². The van der Waals surface area contributed by atoms with Crippen LogP contribution in [0.2, 0.25) is 0 Å². The number of benzene rings is 2. The zero-order valence-corrected chi connectivity index (χ0v) is 17.6. The summed E-state index contributed by atoms with van der Waals surface area (Å²) in [7, 11) is -3.56. The van der Waals surface area contributed by atoms with Gasteiger partial charge in [-0.15, -0.1) is 0 Å². The fraction of sp³-hybridized carbons (Fsp3) is 0.381. The van der Waals surface area contributed by atoms with Crippen molar-refractivity contribution in [1.82, 2.24) is 4.90 Å². The van der Waals surface area contributed by atoms with Gasteiger partial charge >= 0.3 is 16.1 Å². The average Bonchev–Trinajstić information content (AvgIpc) is 2.58. The van der Waals surface area contributed by atoms with Crippen LogP contribution in [-0.2, 0) is 16.7 Å². The molecule has 0 radical (unpaired) electrons. The number of aryl methyl sites for hydroxylation is 1. The van der Waals surface area contributed by atoms with Crippen molar-refractivity contribution in [2.75, 3.05) is 18.1 Å². The molecule has 152 valence electrons. The number of carbonyl (C=O) groups excluding carboxylic acids is 1. The fourth-order valence-electron chi connectivity index (χ4n) is 2.64. The predicted octanol–water partition coefficient (Wildman–Crippen LogP) is 4.41. The van der Waals surface area contributed by atoms with Crippen molar-refractivity contribution >= 4 is 21.8 Å². The quantitative estimate of drug-likeness (QED) is 0.661. The van der Waals surface area contributed by atoms with E-state index in [0.717, 1.165) is 29.5 Å². The van der Waals surface area contributed by atoms with Crippen LogP contribution in [0.15, 0.2) is 48.5 Å². The van der Waals surface area contributed by atoms with Crippen molar-refractivity contribution in [3.63, 3.8) is 0 Å². The summed E-state index contributed by atoms with van der Waals surface area (Å²) in [6.45, 7) is 7.26. The van der Waals surface area contributed by atoms with E-state index in [4.69, 9.17) is 4.18 Å². The van der Waals surface area contributed by atoms with E-state index in [1.54, 1.807) is 29.2 Å². The minimum absolute atomic E-state index is 0.164. The van der Waals surface area contributed by atoms with E-state index in [2.05, 4.69) is 19.2 Å². The van der Waals surface area contributed by atoms with Crippen molar-refractivity contribution in [3.05, 3.63) is 59.7 Å². The first-order valence-electron chi connectivity index (χ1n) is 9.23. The Bertz CT molecular complexity index is 893. The number of carbonyl (C=O) groups is 1. The Balaban J connectivity index is 2.10. The molecule has 2 aromatic carbocycles. The van der Waals surface area contributed by atoms with Gasteiger partial charge in [-0.2, -0.15) is 8.42 Å². The zero-order valence-electron chi connectivity index (χ0n) is 16.8. The second kappa shape index (κ2) is 9.59. The highest BCUT2D eigenvalue weighted by atomic mass is 32.2. The lowest BCUT2D eigenvalue weighted by Gasteiger charge is -2.24. The van der Waals surface area contributed by atoms with Gasteiger partial charge in [0.1, 0.15) is 5.75 Å². The number of rotatable bonds is 8. The minimum atomic E-state index is -3.56. The van der Waals surface area contributed by atoms with Crippen LogP contribution in [0.25, 0.3) is 0 Å². The van der Waals surface area contributed by atoms with Crippen LogP contribution in [0.5, 0.6) is 5.75 Å². The average molecular weight is 405 g/mol. The van der Waals surface area contributed by atoms with Crippen LogP contribution in [0.1, 0.15) is 31.4 Å². The summed E-state index contributed by atoms with van der Waals surface area (Å²) >= 11 is 0. The second-order valence-corrected chi connectivity index (χ2v) is 8.91. The summed E-state index contributed by atoms with van der Waals surface area (Å²) in [5.41, 5.74) is 2.73. The van der Waals surface area contributed by atoms with E-state index in [1.807, 2.05) is 31.2 Å². The Morgan fingerprint density at radius 3 is 2.39 bits per heavy atom. The SMILES string of the molecule is Cc1cccc(NC(=O)N(CCC(C)C)Cc2ccc(OS(C)(=O)=O)cc2)c1. The molecule has 0 saturated heterocycles. The van der Waals surface area contributed by atoms with Crippen molar-refractivity contribution in [2.45, 2.75) is 33.7 Å². The molecule has 0 saturated carbocycles. The summed E-state index contributed by atoms with van der Waals surface area (Å²) in [6.07, 6.45) is 1.89. The standard InChI is InChI=1S/C21H28N2O4S/c1-16(2)12-13-23(21(24)22-19-7-5-6-17(3)14-19)15-18-8-10-20(11-9-18)27-28(4,25)26/h5-11,14,16H,12-13,15H2,1-4H3,(H,22,24). The maximum Gasteiger partial charge on any atom is 0.322 e. The highest BCUT2D eigenvalue weighted by Gasteiger charge is 2.15. The third kappa shape index (κ3) is 7.60. The van der Waals surface area contributed by atoms with Gasteiger partial charge in [-0.25, -0.2) is 4.79 Å². The number of amides is 2. The Hall–Kier alpha value is -2.54. The van der Waals surface area contributed by atoms with Crippen molar-refractivity contribution < 1.29 is 17.4 Å². The highest BCUT2D eigenvalue weighted by Crippen LogP contribution is 2.17. The van der Waals surface area contributed by atoms with Crippen LogP contribution in [0.3, 0.4) is 0 Å². The van der Waals surface area contributed by atoms with Gasteiger partial charge in [0.15, 0.2) is 0 Å². The molecule has 2 rings (SSSR count). The number of anilines is 1. The van der Waals surface area contributed by atoms with Crippen LogP contribution < -0.4 is 9.50 Å². The maximum atomic E-state index is 12.8. The van der Waals surface area contributed by atoms with Gasteiger partial charge < -0.3 is 14.4 Å². The first kappa shape index (κ1) is 21.8. The Labute approximate surface area is 167 Å². The molecule has 0 unspecified atom stereocenters. The Morgan fingerprint density at radius 2 is 1.82 bits per heavy atom. The molecule has 2 aromatic rings. The second-order valence-electron chi connectivity index (χ2n) is 7.34. The Morgan fingerprint density at radius 1 is 1.14 bits per heavy atom. The topological polar surface area (TPSA) is 75.7 Å². The van der Waals surface area contributed by atoms with Gasteiger partial charge in [-0.3, -0.25) is 0 Å². The molecule has 0 bridgehead atoms. The predicted molar refractivity (Wildman–Crippen MR) is 112 cm³/mol. The van der Waals surface area contributed by atoms with Gasteiger partial charge in [0, 0.05) is 18.8 Å². The number of hydrogen-bond donors (Lipinski definition) is 1. The monoisotopic (exact) mass is 404 g/mol. The van der Waals surface area contributed by atoms with E-state index in [-0.39, 0.29) is 11.8 Å². The van der Waals surface area contributed by atoms with Gasteiger partial charge in [-0.05, 0) is 54.7 Å². The summed E-state index contributed by atoms with van der Waals surface area (Å²) in [4.78, 5) is 14.6. The smallest absolute Gasteiger partial charge is 0.322 e. The normalized spacial score (nSPS) is 11.3. The molecule has 0 atom stereocenters. The molecular weight excluding hydrogens is 376 g/mol. The van der Waals surface area contributed by atoms with Crippen LogP contribution in [0.4, 0.5) is 10.5 Å². The van der Waals surface area contributed by atoms with E-state index in [0.29, 0.717) is 19.0 Å². The summed E-state index contributed by atoms with van der Waals surface area (Å²) in [6, 6.07) is 14.2. The molecule has 1 N–H and O–H groups in total. The van der Waals surface area contributed by atoms with Crippen LogP contribution >= 0.6 is 0 Å². The summed E-state index contributed by atoms with van der Waals surface area (Å²) in [5, 5.41) is 2.95. The first-order valence-corrected chi connectivity index (χ1v) is 11.0. The lowest BCUT2D eigenvalue weighted by Crippen LogP contribution is -2.35. The molecule has 7 heteroatoms. The number of nitrogens with one attached hydrogen (secondary N) is 1. The van der Waals surface area contributed by atoms with E-state index < -0.39 is 10.1 Å². The zero-order chi connectivity index (χ0) is 20.7. The maximum absolute atomic E-state index is 12.8. The molecule has 2 amide bonds. The molecule has 28 heavy (non-hydrogen) atoms. The molecule has 0 aliphatic carbocycles. The minimum Gasteiger partial charge on any atom is -0.383 e. The lowest BCUT2D eigenvalue weighted by molar-refractivity contribution is 0.205. The molecular formula is C21H28N2O4S. The summed E-state index contributed by atoms with van der Waals surface area (Å²) < 4.78 is 27.3. The molecule has 0 spiro atoms. The molecule has 0 aliphatic heterocycles. The van der Waals surface area contributed by atoms with Crippen molar-refractivity contribution in [1.29, 1.82) is 0 Å². The lowest BCUT2D eigenvalue weighted by atomic mass is 10.1. The Kier molecular flexibility index (Phi) is 7.45. The van der Waals surface area contributed by atoms with Gasteiger partial charge in [0.2, 0.25) is 0 Å². The van der Waals surface area contributed by atoms with Crippen LogP contribution in [-0.4, -0.2) is 32.1 Å². The van der Waals surface area contributed by atoms with E-state index >= 15 is 0 Å². The van der Waals surface area contributed by atoms with Gasteiger partial charge in [0.25, 0.3) is 0 Å². The molecule has 0 fully saturated rings.